The van der Waals surface area contributed by atoms with Gasteiger partial charge in [-0.05, 0) is 72.5 Å². The first-order chi connectivity index (χ1) is 24.1. The molecule has 0 heterocycles. The molecule has 1 saturated carbocycles. The van der Waals surface area contributed by atoms with Crippen LogP contribution in [0.3, 0.4) is 0 Å². The average Bonchev–Trinajstić information content (AvgIpc) is 3.12. The Morgan fingerprint density at radius 2 is 1.54 bits per heavy atom. The molecule has 1 N–H and O–H groups in total. The standard InChI is InChI=1S/C38H41ClFN3O6S/c1-48-35-21-20-33(24-36(35)49-2)50(46,47)43(32-18-16-30(40)17-19-32)26-37(44)42(25-28-12-9-13-29(39)22-28)34(23-27-10-5-3-6-11-27)38(45)41-31-14-7-4-8-15-31/h3,5-6,9-13,16-22,24,31,34H,4,7-8,14-15,23,25-26H2,1-2H3,(H,41,45). The van der Waals surface area contributed by atoms with Crippen molar-refractivity contribution in [1.82, 2.24) is 10.2 Å². The highest BCUT2D eigenvalue weighted by Gasteiger charge is 2.36. The summed E-state index contributed by atoms with van der Waals surface area (Å²) >= 11 is 6.34. The zero-order valence-corrected chi connectivity index (χ0v) is 29.6. The smallest absolute Gasteiger partial charge is 0.264 e. The van der Waals surface area contributed by atoms with E-state index >= 15 is 0 Å². The van der Waals surface area contributed by atoms with E-state index in [0.29, 0.717) is 16.3 Å². The summed E-state index contributed by atoms with van der Waals surface area (Å²) in [6, 6.07) is 24.2. The monoisotopic (exact) mass is 721 g/mol. The summed E-state index contributed by atoms with van der Waals surface area (Å²) in [5.74, 6) is -1.06. The lowest BCUT2D eigenvalue weighted by molar-refractivity contribution is -0.140. The maximum absolute atomic E-state index is 14.7. The van der Waals surface area contributed by atoms with Crippen LogP contribution in [0.1, 0.15) is 43.2 Å². The third-order valence-corrected chi connectivity index (χ3v) is 10.8. The number of nitrogens with one attached hydrogen (secondary N) is 1. The Bertz CT molecular complexity index is 1870. The second kappa shape index (κ2) is 16.9. The number of hydrogen-bond acceptors (Lipinski definition) is 6. The summed E-state index contributed by atoms with van der Waals surface area (Å²) in [5.41, 5.74) is 1.54. The third-order valence-electron chi connectivity index (χ3n) is 8.80. The third kappa shape index (κ3) is 9.13. The van der Waals surface area contributed by atoms with Crippen LogP contribution in [-0.4, -0.2) is 58.0 Å². The highest BCUT2D eigenvalue weighted by atomic mass is 35.5. The average molecular weight is 722 g/mol. The summed E-state index contributed by atoms with van der Waals surface area (Å²) in [6.07, 6.45) is 4.97. The van der Waals surface area contributed by atoms with Crippen molar-refractivity contribution in [2.75, 3.05) is 25.1 Å². The molecular weight excluding hydrogens is 681 g/mol. The van der Waals surface area contributed by atoms with Crippen molar-refractivity contribution in [2.45, 2.75) is 62.0 Å². The largest absolute Gasteiger partial charge is 0.493 e. The molecule has 0 bridgehead atoms. The molecule has 0 saturated heterocycles. The topological polar surface area (TPSA) is 105 Å². The molecule has 1 aliphatic rings. The molecular formula is C38H41ClFN3O6S. The summed E-state index contributed by atoms with van der Waals surface area (Å²) < 4.78 is 54.4. The Morgan fingerprint density at radius 1 is 0.860 bits per heavy atom. The lowest BCUT2D eigenvalue weighted by Crippen LogP contribution is -2.55. The number of anilines is 1. The van der Waals surface area contributed by atoms with Crippen LogP contribution in [0, 0.1) is 5.82 Å². The zero-order chi connectivity index (χ0) is 35.7. The fourth-order valence-corrected chi connectivity index (χ4v) is 7.81. The zero-order valence-electron chi connectivity index (χ0n) is 28.1. The Hall–Kier alpha value is -4.61. The van der Waals surface area contributed by atoms with Gasteiger partial charge in [-0.15, -0.1) is 0 Å². The first-order valence-corrected chi connectivity index (χ1v) is 18.3. The number of carbonyl (C=O) groups is 2. The number of sulfonamides is 1. The predicted molar refractivity (Wildman–Crippen MR) is 191 cm³/mol. The van der Waals surface area contributed by atoms with Crippen molar-refractivity contribution in [3.63, 3.8) is 0 Å². The molecule has 264 valence electrons. The number of ether oxygens (including phenoxy) is 2. The Kier molecular flexibility index (Phi) is 12.4. The van der Waals surface area contributed by atoms with E-state index in [1.165, 1.54) is 49.5 Å². The highest BCUT2D eigenvalue weighted by molar-refractivity contribution is 7.92. The Balaban J connectivity index is 1.58. The molecule has 0 aliphatic heterocycles. The van der Waals surface area contributed by atoms with Gasteiger partial charge in [0.25, 0.3) is 10.0 Å². The quantitative estimate of drug-likeness (QED) is 0.154. The molecule has 4 aromatic rings. The molecule has 1 unspecified atom stereocenters. The minimum Gasteiger partial charge on any atom is -0.493 e. The molecule has 0 spiro atoms. The van der Waals surface area contributed by atoms with E-state index in [1.54, 1.807) is 24.3 Å². The van der Waals surface area contributed by atoms with E-state index in [1.807, 2.05) is 30.3 Å². The molecule has 50 heavy (non-hydrogen) atoms. The van der Waals surface area contributed by atoms with Crippen LogP contribution in [0.15, 0.2) is 102 Å². The van der Waals surface area contributed by atoms with E-state index in [4.69, 9.17) is 21.1 Å². The fraction of sp³-hybridized carbons (Fsp3) is 0.316. The summed E-state index contributed by atoms with van der Waals surface area (Å²) in [4.78, 5) is 30.2. The molecule has 9 nitrogen and oxygen atoms in total. The maximum atomic E-state index is 14.7. The summed E-state index contributed by atoms with van der Waals surface area (Å²) in [7, 11) is -1.64. The lowest BCUT2D eigenvalue weighted by Gasteiger charge is -2.35. The van der Waals surface area contributed by atoms with Crippen LogP contribution in [-0.2, 0) is 32.6 Å². The molecule has 4 aromatic carbocycles. The Morgan fingerprint density at radius 3 is 2.20 bits per heavy atom. The fourth-order valence-electron chi connectivity index (χ4n) is 6.17. The molecule has 1 atom stereocenters. The minimum absolute atomic E-state index is 0.0252. The normalized spacial score (nSPS) is 14.0. The van der Waals surface area contributed by atoms with Crippen LogP contribution in [0.4, 0.5) is 10.1 Å². The van der Waals surface area contributed by atoms with Crippen LogP contribution >= 0.6 is 11.6 Å². The van der Waals surface area contributed by atoms with E-state index in [-0.39, 0.29) is 41.2 Å². The van der Waals surface area contributed by atoms with E-state index in [2.05, 4.69) is 5.32 Å². The number of hydrogen-bond donors (Lipinski definition) is 1. The second-order valence-electron chi connectivity index (χ2n) is 12.2. The number of amides is 2. The molecule has 2 amide bonds. The van der Waals surface area contributed by atoms with Gasteiger partial charge in [0.2, 0.25) is 11.8 Å². The van der Waals surface area contributed by atoms with Gasteiger partial charge in [0.15, 0.2) is 11.5 Å². The lowest BCUT2D eigenvalue weighted by atomic mass is 9.94. The number of nitrogens with zero attached hydrogens (tertiary/aromatic N) is 2. The van der Waals surface area contributed by atoms with Crippen LogP contribution in [0.2, 0.25) is 5.02 Å². The van der Waals surface area contributed by atoms with E-state index in [9.17, 15) is 22.4 Å². The molecule has 0 radical (unpaired) electrons. The van der Waals surface area contributed by atoms with Gasteiger partial charge in [-0.2, -0.15) is 0 Å². The van der Waals surface area contributed by atoms with Gasteiger partial charge >= 0.3 is 0 Å². The molecule has 12 heteroatoms. The number of benzene rings is 4. The molecule has 5 rings (SSSR count). The minimum atomic E-state index is -4.45. The van der Waals surface area contributed by atoms with Crippen LogP contribution in [0.25, 0.3) is 0 Å². The van der Waals surface area contributed by atoms with Crippen molar-refractivity contribution in [3.05, 3.63) is 119 Å². The van der Waals surface area contributed by atoms with Gasteiger partial charge in [-0.3, -0.25) is 13.9 Å². The summed E-state index contributed by atoms with van der Waals surface area (Å²) in [5, 5.41) is 3.63. The molecule has 1 aliphatic carbocycles. The van der Waals surface area contributed by atoms with Gasteiger partial charge in [-0.1, -0.05) is 73.3 Å². The first-order valence-electron chi connectivity index (χ1n) is 16.5. The number of methoxy groups -OCH3 is 2. The number of carbonyl (C=O) groups excluding carboxylic acids is 2. The predicted octanol–water partition coefficient (Wildman–Crippen LogP) is 6.78. The highest BCUT2D eigenvalue weighted by Crippen LogP contribution is 2.33. The van der Waals surface area contributed by atoms with Gasteiger partial charge in [-0.25, -0.2) is 12.8 Å². The van der Waals surface area contributed by atoms with Crippen molar-refractivity contribution in [3.8, 4) is 11.5 Å². The van der Waals surface area contributed by atoms with Crippen LogP contribution in [0.5, 0.6) is 11.5 Å². The maximum Gasteiger partial charge on any atom is 0.264 e. The van der Waals surface area contributed by atoms with Crippen molar-refractivity contribution in [2.24, 2.45) is 0 Å². The van der Waals surface area contributed by atoms with Gasteiger partial charge in [0.05, 0.1) is 24.8 Å². The van der Waals surface area contributed by atoms with Crippen LogP contribution < -0.4 is 19.1 Å². The number of rotatable bonds is 14. The first kappa shape index (κ1) is 36.7. The van der Waals surface area contributed by atoms with Crippen molar-refractivity contribution < 1.29 is 31.9 Å². The number of halogens is 2. The van der Waals surface area contributed by atoms with Gasteiger partial charge in [0, 0.05) is 30.1 Å². The van der Waals surface area contributed by atoms with Gasteiger partial charge < -0.3 is 19.7 Å². The van der Waals surface area contributed by atoms with Crippen molar-refractivity contribution >= 4 is 39.1 Å². The molecule has 1 fully saturated rings. The van der Waals surface area contributed by atoms with Gasteiger partial charge in [0.1, 0.15) is 18.4 Å². The summed E-state index contributed by atoms with van der Waals surface area (Å²) in [6.45, 7) is -0.715. The van der Waals surface area contributed by atoms with Crippen molar-refractivity contribution in [1.29, 1.82) is 0 Å². The Labute approximate surface area is 298 Å². The second-order valence-corrected chi connectivity index (χ2v) is 14.5. The molecule has 0 aromatic heterocycles. The van der Waals surface area contributed by atoms with E-state index in [0.717, 1.165) is 54.1 Å². The van der Waals surface area contributed by atoms with E-state index < -0.39 is 34.3 Å². The SMILES string of the molecule is COc1ccc(S(=O)(=O)N(CC(=O)N(Cc2cccc(Cl)c2)C(Cc2ccccc2)C(=O)NC2CCCCC2)c2ccc(F)cc2)cc1OC.